The Morgan fingerprint density at radius 1 is 0.953 bits per heavy atom. The zero-order chi connectivity index (χ0) is 32.2. The molecule has 8 nitrogen and oxygen atoms in total. The molecule has 2 aromatic carbocycles. The minimum atomic E-state index is -4.85. The fraction of sp³-hybridized carbons (Fsp3) is 0.483. The second kappa shape index (κ2) is 12.8. The fourth-order valence-electron chi connectivity index (χ4n) is 4.80. The first kappa shape index (κ1) is 33.7. The molecule has 43 heavy (non-hydrogen) atoms. The summed E-state index contributed by atoms with van der Waals surface area (Å²) in [7, 11) is 0. The molecular weight excluding hydrogens is 586 g/mol. The van der Waals surface area contributed by atoms with Gasteiger partial charge in [-0.1, -0.05) is 12.1 Å². The van der Waals surface area contributed by atoms with Crippen molar-refractivity contribution in [3.63, 3.8) is 0 Å². The highest BCUT2D eigenvalue weighted by atomic mass is 19.4. The van der Waals surface area contributed by atoms with Gasteiger partial charge in [-0.25, -0.2) is 4.79 Å². The highest BCUT2D eigenvalue weighted by Crippen LogP contribution is 2.38. The number of ether oxygens (including phenoxy) is 2. The van der Waals surface area contributed by atoms with Gasteiger partial charge < -0.3 is 19.9 Å². The number of nitrogens with zero attached hydrogens (tertiary/aromatic N) is 1. The zero-order valence-corrected chi connectivity index (χ0v) is 23.7. The number of rotatable bonds is 11. The number of alkyl halides is 6. The molecule has 1 aliphatic heterocycles. The molecular formula is C29H32F6N2O6. The van der Waals surface area contributed by atoms with E-state index in [1.807, 2.05) is 0 Å². The number of hydrogen-bond acceptors (Lipinski definition) is 5. The number of carbonyl (C=O) groups excluding carboxylic acids is 2. The van der Waals surface area contributed by atoms with Crippen LogP contribution in [-0.2, 0) is 28.3 Å². The van der Waals surface area contributed by atoms with E-state index in [9.17, 15) is 45.8 Å². The largest absolute Gasteiger partial charge is 0.493 e. The van der Waals surface area contributed by atoms with Crippen molar-refractivity contribution in [3.05, 3.63) is 64.7 Å². The number of amides is 2. The van der Waals surface area contributed by atoms with E-state index in [4.69, 9.17) is 9.47 Å². The predicted molar refractivity (Wildman–Crippen MR) is 142 cm³/mol. The first-order valence-electron chi connectivity index (χ1n) is 13.3. The lowest BCUT2D eigenvalue weighted by atomic mass is 9.99. The fourth-order valence-corrected chi connectivity index (χ4v) is 4.80. The lowest BCUT2D eigenvalue weighted by Crippen LogP contribution is -2.61. The normalized spacial score (nSPS) is 18.4. The summed E-state index contributed by atoms with van der Waals surface area (Å²) in [5.41, 5.74) is -4.52. The monoisotopic (exact) mass is 618 g/mol. The molecule has 0 spiro atoms. The van der Waals surface area contributed by atoms with Gasteiger partial charge in [0.25, 0.3) is 0 Å². The van der Waals surface area contributed by atoms with E-state index in [0.717, 1.165) is 29.2 Å². The molecule has 236 valence electrons. The molecule has 1 heterocycles. The van der Waals surface area contributed by atoms with E-state index in [1.165, 1.54) is 32.9 Å². The molecule has 0 aliphatic carbocycles. The first-order chi connectivity index (χ1) is 19.9. The van der Waals surface area contributed by atoms with Crippen molar-refractivity contribution < 1.29 is 55.3 Å². The number of benzene rings is 2. The van der Waals surface area contributed by atoms with E-state index in [2.05, 4.69) is 5.32 Å². The van der Waals surface area contributed by atoms with Crippen LogP contribution in [-0.4, -0.2) is 58.8 Å². The maximum atomic E-state index is 13.8. The van der Waals surface area contributed by atoms with E-state index >= 15 is 0 Å². The average molecular weight is 619 g/mol. The van der Waals surface area contributed by atoms with Crippen molar-refractivity contribution in [2.75, 3.05) is 19.8 Å². The van der Waals surface area contributed by atoms with Gasteiger partial charge in [0.05, 0.1) is 30.9 Å². The van der Waals surface area contributed by atoms with Crippen molar-refractivity contribution in [3.8, 4) is 5.75 Å². The van der Waals surface area contributed by atoms with Crippen LogP contribution >= 0.6 is 0 Å². The molecule has 2 aromatic rings. The van der Waals surface area contributed by atoms with Crippen molar-refractivity contribution in [2.45, 2.75) is 70.1 Å². The Morgan fingerprint density at radius 3 is 2.19 bits per heavy atom. The smallest absolute Gasteiger partial charge is 0.419 e. The minimum absolute atomic E-state index is 0.0590. The van der Waals surface area contributed by atoms with Gasteiger partial charge >= 0.3 is 18.4 Å². The van der Waals surface area contributed by atoms with Crippen molar-refractivity contribution in [2.24, 2.45) is 0 Å². The molecule has 1 saturated heterocycles. The Bertz CT molecular complexity index is 1330. The molecule has 0 radical (unpaired) electrons. The lowest BCUT2D eigenvalue weighted by molar-refractivity contribution is -0.139. The first-order valence-corrected chi connectivity index (χ1v) is 13.3. The molecule has 2 amide bonds. The van der Waals surface area contributed by atoms with Crippen LogP contribution in [0.5, 0.6) is 5.75 Å². The molecule has 1 atom stereocenters. The lowest BCUT2D eigenvalue weighted by Gasteiger charge is -2.36. The van der Waals surface area contributed by atoms with Gasteiger partial charge in [0.1, 0.15) is 17.0 Å². The second-order valence-electron chi connectivity index (χ2n) is 10.8. The number of ketones is 1. The molecule has 1 aliphatic rings. The second-order valence-corrected chi connectivity index (χ2v) is 10.8. The molecule has 2 N–H and O–H groups in total. The molecule has 1 unspecified atom stereocenters. The van der Waals surface area contributed by atoms with Crippen LogP contribution in [0.2, 0.25) is 0 Å². The highest BCUT2D eigenvalue weighted by molar-refractivity contribution is 6.01. The Balaban J connectivity index is 1.54. The highest BCUT2D eigenvalue weighted by Gasteiger charge is 2.56. The number of carbonyl (C=O) groups is 3. The number of Topliss-reactive ketones (excluding diaryl/α,β-unsaturated/α-hetero) is 1. The Morgan fingerprint density at radius 2 is 1.60 bits per heavy atom. The van der Waals surface area contributed by atoms with Crippen molar-refractivity contribution in [1.29, 1.82) is 0 Å². The Hall–Kier alpha value is -3.81. The third-order valence-corrected chi connectivity index (χ3v) is 7.08. The van der Waals surface area contributed by atoms with Gasteiger partial charge in [-0.05, 0) is 82.3 Å². The van der Waals surface area contributed by atoms with Crippen LogP contribution < -0.4 is 10.1 Å². The molecule has 0 saturated carbocycles. The standard InChI is InChI=1S/C29H32F6N2O6/c1-26(2)37(25(40)41)27(3,17-43-26)24(39)36-16-22(38)19-10-13-23(21(15-19)29(33,34)35)42-14-6-4-5-7-18-8-11-20(12-9-18)28(30,31)32/h8-13,15H,4-7,14,16-17H2,1-3H3,(H,36,39)(H,40,41). The Labute approximate surface area is 243 Å². The van der Waals surface area contributed by atoms with Crippen LogP contribution in [0.3, 0.4) is 0 Å². The molecule has 0 aromatic heterocycles. The number of nitrogens with one attached hydrogen (secondary N) is 1. The van der Waals surface area contributed by atoms with Crippen LogP contribution in [0.15, 0.2) is 42.5 Å². The van der Waals surface area contributed by atoms with Gasteiger partial charge in [0.15, 0.2) is 5.78 Å². The molecule has 1 fully saturated rings. The number of carboxylic acid groups (broad SMARTS) is 1. The van der Waals surface area contributed by atoms with E-state index in [0.29, 0.717) is 37.3 Å². The summed E-state index contributed by atoms with van der Waals surface area (Å²) in [4.78, 5) is 38.0. The van der Waals surface area contributed by atoms with E-state index < -0.39 is 64.8 Å². The van der Waals surface area contributed by atoms with Crippen LogP contribution in [0.1, 0.15) is 67.1 Å². The van der Waals surface area contributed by atoms with Gasteiger partial charge in [-0.2, -0.15) is 26.3 Å². The topological polar surface area (TPSA) is 105 Å². The summed E-state index contributed by atoms with van der Waals surface area (Å²) in [6.07, 6.45) is -8.66. The van der Waals surface area contributed by atoms with Crippen LogP contribution in [0.4, 0.5) is 31.1 Å². The van der Waals surface area contributed by atoms with E-state index in [1.54, 1.807) is 0 Å². The summed E-state index contributed by atoms with van der Waals surface area (Å²) in [6, 6.07) is 7.55. The van der Waals surface area contributed by atoms with Crippen molar-refractivity contribution >= 4 is 17.8 Å². The summed E-state index contributed by atoms with van der Waals surface area (Å²) in [6.45, 7) is 3.20. The third-order valence-electron chi connectivity index (χ3n) is 7.08. The quantitative estimate of drug-likeness (QED) is 0.174. The summed E-state index contributed by atoms with van der Waals surface area (Å²) in [5.74, 6) is -2.16. The van der Waals surface area contributed by atoms with Crippen molar-refractivity contribution in [1.82, 2.24) is 10.2 Å². The third kappa shape index (κ3) is 8.18. The average Bonchev–Trinajstić information content (AvgIpc) is 3.17. The summed E-state index contributed by atoms with van der Waals surface area (Å²) < 4.78 is 90.0. The number of hydrogen-bond donors (Lipinski definition) is 2. The maximum Gasteiger partial charge on any atom is 0.419 e. The van der Waals surface area contributed by atoms with Crippen LogP contribution in [0.25, 0.3) is 0 Å². The predicted octanol–water partition coefficient (Wildman–Crippen LogP) is 6.32. The van der Waals surface area contributed by atoms with Gasteiger partial charge in [0, 0.05) is 5.56 Å². The SMILES string of the molecule is CC1(C)OCC(C)(C(=O)NCC(=O)c2ccc(OCCCCCc3ccc(C(F)(F)F)cc3)c(C(F)(F)F)c2)N1C(=O)O. The molecule has 0 bridgehead atoms. The summed E-state index contributed by atoms with van der Waals surface area (Å²) >= 11 is 0. The van der Waals surface area contributed by atoms with Gasteiger partial charge in [-0.3, -0.25) is 14.5 Å². The number of aryl methyl sites for hydroxylation is 1. The minimum Gasteiger partial charge on any atom is -0.493 e. The molecule has 14 heteroatoms. The summed E-state index contributed by atoms with van der Waals surface area (Å²) in [5, 5.41) is 11.9. The van der Waals surface area contributed by atoms with Gasteiger partial charge in [-0.15, -0.1) is 0 Å². The Kier molecular flexibility index (Phi) is 10.0. The van der Waals surface area contributed by atoms with E-state index in [-0.39, 0.29) is 18.8 Å². The number of halogens is 6. The zero-order valence-electron chi connectivity index (χ0n) is 23.7. The maximum absolute atomic E-state index is 13.8. The van der Waals surface area contributed by atoms with Gasteiger partial charge in [0.2, 0.25) is 5.91 Å². The molecule has 3 rings (SSSR count). The van der Waals surface area contributed by atoms with Crippen LogP contribution in [0, 0.1) is 0 Å². The number of unbranched alkanes of at least 4 members (excludes halogenated alkanes) is 2.